The molecule has 2 N–H and O–H groups in total. The molecule has 0 aliphatic rings. The van der Waals surface area contributed by atoms with Crippen LogP contribution in [0.5, 0.6) is 0 Å². The Morgan fingerprint density at radius 2 is 2.19 bits per heavy atom. The SMILES string of the molecule is CCNCc1cccc(NC(=O)CCc2cc(Br)cs2)c1. The van der Waals surface area contributed by atoms with Crippen LogP contribution in [-0.2, 0) is 17.8 Å². The van der Waals surface area contributed by atoms with Gasteiger partial charge in [-0.3, -0.25) is 4.79 Å². The minimum Gasteiger partial charge on any atom is -0.326 e. The summed E-state index contributed by atoms with van der Waals surface area (Å²) < 4.78 is 1.08. The van der Waals surface area contributed by atoms with Crippen molar-refractivity contribution in [3.63, 3.8) is 0 Å². The Morgan fingerprint density at radius 1 is 1.33 bits per heavy atom. The molecule has 0 aliphatic carbocycles. The van der Waals surface area contributed by atoms with E-state index in [0.29, 0.717) is 6.42 Å². The molecule has 0 spiro atoms. The Labute approximate surface area is 137 Å². The third-order valence-electron chi connectivity index (χ3n) is 3.01. The van der Waals surface area contributed by atoms with E-state index in [1.54, 1.807) is 11.3 Å². The van der Waals surface area contributed by atoms with E-state index >= 15 is 0 Å². The summed E-state index contributed by atoms with van der Waals surface area (Å²) >= 11 is 5.10. The van der Waals surface area contributed by atoms with Gasteiger partial charge in [0.1, 0.15) is 0 Å². The molecule has 1 heterocycles. The average Bonchev–Trinajstić information content (AvgIpc) is 2.89. The summed E-state index contributed by atoms with van der Waals surface area (Å²) in [5.74, 6) is 0.0557. The molecule has 0 aliphatic heterocycles. The van der Waals surface area contributed by atoms with Crippen LogP contribution in [0.15, 0.2) is 40.2 Å². The molecule has 2 aromatic rings. The van der Waals surface area contributed by atoms with Crippen LogP contribution in [0.1, 0.15) is 23.8 Å². The van der Waals surface area contributed by atoms with Crippen molar-refractivity contribution in [2.24, 2.45) is 0 Å². The van der Waals surface area contributed by atoms with Crippen LogP contribution in [0.2, 0.25) is 0 Å². The van der Waals surface area contributed by atoms with Crippen molar-refractivity contribution < 1.29 is 4.79 Å². The smallest absolute Gasteiger partial charge is 0.224 e. The summed E-state index contributed by atoms with van der Waals surface area (Å²) in [6.07, 6.45) is 1.28. The molecule has 0 unspecified atom stereocenters. The molecule has 0 fully saturated rings. The fourth-order valence-corrected chi connectivity index (χ4v) is 3.43. The quantitative estimate of drug-likeness (QED) is 0.771. The second kappa shape index (κ2) is 8.32. The predicted molar refractivity (Wildman–Crippen MR) is 92.8 cm³/mol. The molecule has 0 atom stereocenters. The van der Waals surface area contributed by atoms with E-state index < -0.39 is 0 Å². The molecule has 2 rings (SSSR count). The Hall–Kier alpha value is -1.17. The molecule has 0 radical (unpaired) electrons. The lowest BCUT2D eigenvalue weighted by Gasteiger charge is -2.07. The van der Waals surface area contributed by atoms with Gasteiger partial charge in [-0.25, -0.2) is 0 Å². The highest BCUT2D eigenvalue weighted by Gasteiger charge is 2.05. The number of nitrogens with one attached hydrogen (secondary N) is 2. The third kappa shape index (κ3) is 5.61. The Morgan fingerprint density at radius 3 is 2.90 bits per heavy atom. The number of benzene rings is 1. The lowest BCUT2D eigenvalue weighted by Crippen LogP contribution is -2.14. The highest BCUT2D eigenvalue weighted by Crippen LogP contribution is 2.21. The fourth-order valence-electron chi connectivity index (χ4n) is 1.97. The number of anilines is 1. The number of carbonyl (C=O) groups is 1. The van der Waals surface area contributed by atoms with Gasteiger partial charge in [-0.15, -0.1) is 11.3 Å². The number of rotatable bonds is 7. The summed E-state index contributed by atoms with van der Waals surface area (Å²) in [5.41, 5.74) is 2.04. The Balaban J connectivity index is 1.84. The van der Waals surface area contributed by atoms with E-state index in [1.807, 2.05) is 23.6 Å². The standard InChI is InChI=1S/C16H19BrN2OS/c1-2-18-10-12-4-3-5-14(8-12)19-16(20)7-6-15-9-13(17)11-21-15/h3-5,8-9,11,18H,2,6-7,10H2,1H3,(H,19,20). The van der Waals surface area contributed by atoms with Crippen LogP contribution in [0.25, 0.3) is 0 Å². The number of carbonyl (C=O) groups excluding carboxylic acids is 1. The number of hydrogen-bond acceptors (Lipinski definition) is 3. The molecule has 1 amide bonds. The minimum atomic E-state index is 0.0557. The third-order valence-corrected chi connectivity index (χ3v) is 4.77. The van der Waals surface area contributed by atoms with Crippen LogP contribution >= 0.6 is 27.3 Å². The van der Waals surface area contributed by atoms with Crippen molar-refractivity contribution >= 4 is 38.9 Å². The van der Waals surface area contributed by atoms with Crippen molar-refractivity contribution in [3.8, 4) is 0 Å². The first-order chi connectivity index (χ1) is 10.2. The van der Waals surface area contributed by atoms with Gasteiger partial charge in [-0.2, -0.15) is 0 Å². The van der Waals surface area contributed by atoms with E-state index in [2.05, 4.69) is 45.6 Å². The maximum Gasteiger partial charge on any atom is 0.224 e. The van der Waals surface area contributed by atoms with E-state index in [9.17, 15) is 4.79 Å². The zero-order chi connectivity index (χ0) is 15.1. The van der Waals surface area contributed by atoms with Gasteiger partial charge < -0.3 is 10.6 Å². The number of halogens is 1. The van der Waals surface area contributed by atoms with E-state index in [-0.39, 0.29) is 5.91 Å². The first-order valence-electron chi connectivity index (χ1n) is 7.00. The molecule has 1 aromatic heterocycles. The first-order valence-corrected chi connectivity index (χ1v) is 8.67. The molecule has 3 nitrogen and oxygen atoms in total. The first kappa shape index (κ1) is 16.2. The topological polar surface area (TPSA) is 41.1 Å². The second-order valence-electron chi connectivity index (χ2n) is 4.76. The predicted octanol–water partition coefficient (Wildman–Crippen LogP) is 4.19. The van der Waals surface area contributed by atoms with E-state index in [0.717, 1.165) is 29.7 Å². The van der Waals surface area contributed by atoms with Crippen LogP contribution in [0, 0.1) is 0 Å². The van der Waals surface area contributed by atoms with Gasteiger partial charge in [0.2, 0.25) is 5.91 Å². The van der Waals surface area contributed by atoms with Gasteiger partial charge in [0.15, 0.2) is 0 Å². The van der Waals surface area contributed by atoms with Crippen molar-refractivity contribution in [2.45, 2.75) is 26.3 Å². The lowest BCUT2D eigenvalue weighted by atomic mass is 10.2. The van der Waals surface area contributed by atoms with Crippen LogP contribution < -0.4 is 10.6 Å². The monoisotopic (exact) mass is 366 g/mol. The van der Waals surface area contributed by atoms with Crippen molar-refractivity contribution in [1.29, 1.82) is 0 Å². The van der Waals surface area contributed by atoms with Gasteiger partial charge in [0.05, 0.1) is 0 Å². The zero-order valence-corrected chi connectivity index (χ0v) is 14.4. The fraction of sp³-hybridized carbons (Fsp3) is 0.312. The number of thiophene rings is 1. The highest BCUT2D eigenvalue weighted by atomic mass is 79.9. The number of hydrogen-bond donors (Lipinski definition) is 2. The molecule has 0 bridgehead atoms. The number of aryl methyl sites for hydroxylation is 1. The van der Waals surface area contributed by atoms with Gasteiger partial charge >= 0.3 is 0 Å². The summed E-state index contributed by atoms with van der Waals surface area (Å²) in [6, 6.07) is 10.0. The Kier molecular flexibility index (Phi) is 6.42. The van der Waals surface area contributed by atoms with Crippen LogP contribution in [-0.4, -0.2) is 12.5 Å². The van der Waals surface area contributed by atoms with Crippen LogP contribution in [0.4, 0.5) is 5.69 Å². The molecule has 0 saturated carbocycles. The highest BCUT2D eigenvalue weighted by molar-refractivity contribution is 9.10. The van der Waals surface area contributed by atoms with Crippen molar-refractivity contribution in [1.82, 2.24) is 5.32 Å². The molecule has 5 heteroatoms. The molecular weight excluding hydrogens is 348 g/mol. The molecule has 0 saturated heterocycles. The maximum absolute atomic E-state index is 12.0. The van der Waals surface area contributed by atoms with E-state index in [4.69, 9.17) is 0 Å². The van der Waals surface area contributed by atoms with Gasteiger partial charge in [0, 0.05) is 33.4 Å². The molecular formula is C16H19BrN2OS. The van der Waals surface area contributed by atoms with Crippen LogP contribution in [0.3, 0.4) is 0 Å². The largest absolute Gasteiger partial charge is 0.326 e. The Bertz CT molecular complexity index is 597. The van der Waals surface area contributed by atoms with E-state index in [1.165, 1.54) is 10.4 Å². The van der Waals surface area contributed by atoms with Crippen molar-refractivity contribution in [3.05, 3.63) is 50.6 Å². The summed E-state index contributed by atoms with van der Waals surface area (Å²) in [7, 11) is 0. The summed E-state index contributed by atoms with van der Waals surface area (Å²) in [5, 5.41) is 8.28. The minimum absolute atomic E-state index is 0.0557. The molecule has 1 aromatic carbocycles. The maximum atomic E-state index is 12.0. The number of amides is 1. The second-order valence-corrected chi connectivity index (χ2v) is 6.67. The molecule has 21 heavy (non-hydrogen) atoms. The van der Waals surface area contributed by atoms with Gasteiger partial charge in [-0.05, 0) is 52.7 Å². The summed E-state index contributed by atoms with van der Waals surface area (Å²) in [4.78, 5) is 13.2. The van der Waals surface area contributed by atoms with Gasteiger partial charge in [-0.1, -0.05) is 19.1 Å². The zero-order valence-electron chi connectivity index (χ0n) is 12.0. The average molecular weight is 367 g/mol. The molecule has 112 valence electrons. The van der Waals surface area contributed by atoms with Crippen molar-refractivity contribution in [2.75, 3.05) is 11.9 Å². The normalized spacial score (nSPS) is 10.6. The summed E-state index contributed by atoms with van der Waals surface area (Å²) in [6.45, 7) is 3.84. The lowest BCUT2D eigenvalue weighted by molar-refractivity contribution is -0.116. The van der Waals surface area contributed by atoms with Gasteiger partial charge in [0.25, 0.3) is 0 Å².